The van der Waals surface area contributed by atoms with Crippen LogP contribution in [0.4, 0.5) is 5.69 Å². The Labute approximate surface area is 169 Å². The molecular formula is C22H24N4OS. The van der Waals surface area contributed by atoms with Gasteiger partial charge in [0.25, 0.3) is 0 Å². The quantitative estimate of drug-likeness (QED) is 0.519. The highest BCUT2D eigenvalue weighted by Crippen LogP contribution is 2.24. The number of aryl methyl sites for hydroxylation is 2. The summed E-state index contributed by atoms with van der Waals surface area (Å²) in [4.78, 5) is 17.0. The highest BCUT2D eigenvalue weighted by atomic mass is 32.2. The predicted molar refractivity (Wildman–Crippen MR) is 114 cm³/mol. The zero-order valence-electron chi connectivity index (χ0n) is 16.0. The number of hydrogen-bond acceptors (Lipinski definition) is 4. The lowest BCUT2D eigenvalue weighted by Gasteiger charge is -2.08. The zero-order valence-corrected chi connectivity index (χ0v) is 16.8. The number of nitriles is 1. The normalized spacial score (nSPS) is 10.7. The van der Waals surface area contributed by atoms with Crippen LogP contribution in [-0.4, -0.2) is 21.2 Å². The van der Waals surface area contributed by atoms with Gasteiger partial charge in [-0.25, -0.2) is 4.98 Å². The molecule has 0 aliphatic carbocycles. The van der Waals surface area contributed by atoms with Crippen molar-refractivity contribution in [2.75, 3.05) is 11.1 Å². The smallest absolute Gasteiger partial charge is 0.234 e. The monoisotopic (exact) mass is 392 g/mol. The van der Waals surface area contributed by atoms with E-state index >= 15 is 0 Å². The molecule has 0 spiro atoms. The maximum Gasteiger partial charge on any atom is 0.234 e. The fraction of sp³-hybridized carbons (Fsp3) is 0.318. The van der Waals surface area contributed by atoms with Gasteiger partial charge in [-0.05, 0) is 42.7 Å². The van der Waals surface area contributed by atoms with Gasteiger partial charge in [-0.2, -0.15) is 5.26 Å². The number of carbonyl (C=O) groups excluding carboxylic acids is 1. The summed E-state index contributed by atoms with van der Waals surface area (Å²) in [6.45, 7) is 2.75. The molecule has 6 heteroatoms. The standard InChI is InChI=1S/C22H24N4OS/c1-2-3-7-17-10-12-18(13-11-17)24-21(27)16-28-22-25-19-8-4-5-9-20(19)26(22)15-6-14-23/h4-5,8-13H,2-3,6-7,15-16H2,1H3,(H,24,27). The van der Waals surface area contributed by atoms with Crippen LogP contribution in [0, 0.1) is 11.3 Å². The van der Waals surface area contributed by atoms with Gasteiger partial charge in [0.1, 0.15) is 0 Å². The minimum Gasteiger partial charge on any atom is -0.325 e. The predicted octanol–water partition coefficient (Wildman–Crippen LogP) is 5.02. The molecule has 5 nitrogen and oxygen atoms in total. The molecule has 0 saturated carbocycles. The first kappa shape index (κ1) is 20.0. The van der Waals surface area contributed by atoms with Crippen LogP contribution in [0.2, 0.25) is 0 Å². The topological polar surface area (TPSA) is 70.7 Å². The summed E-state index contributed by atoms with van der Waals surface area (Å²) >= 11 is 1.40. The van der Waals surface area contributed by atoms with E-state index < -0.39 is 0 Å². The van der Waals surface area contributed by atoms with Gasteiger partial charge in [-0.1, -0.05) is 49.4 Å². The highest BCUT2D eigenvalue weighted by Gasteiger charge is 2.13. The van der Waals surface area contributed by atoms with E-state index in [1.165, 1.54) is 30.2 Å². The number of rotatable bonds is 9. The van der Waals surface area contributed by atoms with Crippen molar-refractivity contribution >= 4 is 34.4 Å². The Morgan fingerprint density at radius 2 is 2.00 bits per heavy atom. The van der Waals surface area contributed by atoms with Crippen LogP contribution in [0.3, 0.4) is 0 Å². The first-order valence-corrected chi connectivity index (χ1v) is 10.5. The van der Waals surface area contributed by atoms with E-state index in [0.717, 1.165) is 28.3 Å². The van der Waals surface area contributed by atoms with E-state index in [1.807, 2.05) is 41.0 Å². The minimum atomic E-state index is -0.0646. The van der Waals surface area contributed by atoms with Crippen molar-refractivity contribution in [3.8, 4) is 6.07 Å². The summed E-state index contributed by atoms with van der Waals surface area (Å²) in [7, 11) is 0. The Kier molecular flexibility index (Phi) is 7.10. The molecule has 0 fully saturated rings. The molecule has 0 aliphatic heterocycles. The number of unbranched alkanes of at least 4 members (excludes halogenated alkanes) is 1. The van der Waals surface area contributed by atoms with Crippen molar-refractivity contribution in [2.24, 2.45) is 0 Å². The van der Waals surface area contributed by atoms with Crippen molar-refractivity contribution in [1.29, 1.82) is 5.26 Å². The molecule has 1 heterocycles. The van der Waals surface area contributed by atoms with Crippen LogP contribution in [0.1, 0.15) is 31.7 Å². The summed E-state index contributed by atoms with van der Waals surface area (Å²) in [5.74, 6) is 0.207. The fourth-order valence-electron chi connectivity index (χ4n) is 3.00. The minimum absolute atomic E-state index is 0.0646. The molecule has 0 bridgehead atoms. The van der Waals surface area contributed by atoms with Gasteiger partial charge in [0.15, 0.2) is 5.16 Å². The zero-order chi connectivity index (χ0) is 19.8. The second-order valence-electron chi connectivity index (χ2n) is 6.58. The average molecular weight is 393 g/mol. The molecule has 0 saturated heterocycles. The molecule has 3 rings (SSSR count). The summed E-state index contributed by atoms with van der Waals surface area (Å²) in [6.07, 6.45) is 3.83. The first-order valence-electron chi connectivity index (χ1n) is 9.55. The van der Waals surface area contributed by atoms with Gasteiger partial charge in [0, 0.05) is 12.2 Å². The van der Waals surface area contributed by atoms with Gasteiger partial charge in [0.05, 0.1) is 29.3 Å². The van der Waals surface area contributed by atoms with Gasteiger partial charge in [0.2, 0.25) is 5.91 Å². The number of aromatic nitrogens is 2. The molecule has 1 N–H and O–H groups in total. The third kappa shape index (κ3) is 5.14. The maximum atomic E-state index is 12.4. The number of para-hydroxylation sites is 2. The Morgan fingerprint density at radius 1 is 1.21 bits per heavy atom. The van der Waals surface area contributed by atoms with Gasteiger partial charge in [-0.3, -0.25) is 4.79 Å². The molecular weight excluding hydrogens is 368 g/mol. The number of fused-ring (bicyclic) bond motifs is 1. The van der Waals surface area contributed by atoms with E-state index in [4.69, 9.17) is 5.26 Å². The van der Waals surface area contributed by atoms with E-state index in [9.17, 15) is 4.79 Å². The third-order valence-electron chi connectivity index (χ3n) is 4.46. The number of anilines is 1. The molecule has 1 amide bonds. The summed E-state index contributed by atoms with van der Waals surface area (Å²) in [5, 5.41) is 12.6. The number of carbonyl (C=O) groups is 1. The lowest BCUT2D eigenvalue weighted by molar-refractivity contribution is -0.113. The molecule has 2 aromatic carbocycles. The number of thioether (sulfide) groups is 1. The molecule has 3 aromatic rings. The largest absolute Gasteiger partial charge is 0.325 e. The van der Waals surface area contributed by atoms with Crippen LogP contribution >= 0.6 is 11.8 Å². The Hall–Kier alpha value is -2.78. The lowest BCUT2D eigenvalue weighted by atomic mass is 10.1. The van der Waals surface area contributed by atoms with Crippen molar-refractivity contribution in [1.82, 2.24) is 9.55 Å². The Morgan fingerprint density at radius 3 is 2.75 bits per heavy atom. The molecule has 0 aliphatic rings. The lowest BCUT2D eigenvalue weighted by Crippen LogP contribution is -2.14. The van der Waals surface area contributed by atoms with Gasteiger partial charge in [-0.15, -0.1) is 0 Å². The summed E-state index contributed by atoms with van der Waals surface area (Å²) < 4.78 is 2.01. The number of nitrogens with zero attached hydrogens (tertiary/aromatic N) is 3. The van der Waals surface area contributed by atoms with Crippen molar-refractivity contribution in [2.45, 2.75) is 44.3 Å². The van der Waals surface area contributed by atoms with Crippen LogP contribution in [0.25, 0.3) is 11.0 Å². The molecule has 0 radical (unpaired) electrons. The second-order valence-corrected chi connectivity index (χ2v) is 7.52. The van der Waals surface area contributed by atoms with Crippen molar-refractivity contribution in [3.05, 3.63) is 54.1 Å². The molecule has 28 heavy (non-hydrogen) atoms. The van der Waals surface area contributed by atoms with Crippen LogP contribution in [0.5, 0.6) is 0 Å². The summed E-state index contributed by atoms with van der Waals surface area (Å²) in [5.41, 5.74) is 3.97. The number of nitrogens with one attached hydrogen (secondary N) is 1. The SMILES string of the molecule is CCCCc1ccc(NC(=O)CSc2nc3ccccc3n2CCC#N)cc1. The number of hydrogen-bond donors (Lipinski definition) is 1. The number of amides is 1. The van der Waals surface area contributed by atoms with Crippen LogP contribution in [-0.2, 0) is 17.8 Å². The van der Waals surface area contributed by atoms with Crippen molar-refractivity contribution in [3.63, 3.8) is 0 Å². The number of imidazole rings is 1. The van der Waals surface area contributed by atoms with E-state index in [1.54, 1.807) is 0 Å². The average Bonchev–Trinajstić information content (AvgIpc) is 3.07. The van der Waals surface area contributed by atoms with Gasteiger partial charge >= 0.3 is 0 Å². The van der Waals surface area contributed by atoms with E-state index in [2.05, 4.69) is 35.4 Å². The first-order chi connectivity index (χ1) is 13.7. The maximum absolute atomic E-state index is 12.4. The van der Waals surface area contributed by atoms with Crippen LogP contribution < -0.4 is 5.32 Å². The summed E-state index contributed by atoms with van der Waals surface area (Å²) in [6, 6.07) is 18.1. The Bertz CT molecular complexity index is 972. The van der Waals surface area contributed by atoms with E-state index in [-0.39, 0.29) is 11.7 Å². The molecule has 144 valence electrons. The van der Waals surface area contributed by atoms with Gasteiger partial charge < -0.3 is 9.88 Å². The van der Waals surface area contributed by atoms with Crippen molar-refractivity contribution < 1.29 is 4.79 Å². The third-order valence-corrected chi connectivity index (χ3v) is 5.43. The second kappa shape index (κ2) is 9.95. The molecule has 0 unspecified atom stereocenters. The number of benzene rings is 2. The highest BCUT2D eigenvalue weighted by molar-refractivity contribution is 7.99. The molecule has 1 aromatic heterocycles. The van der Waals surface area contributed by atoms with E-state index in [0.29, 0.717) is 13.0 Å². The molecule has 0 atom stereocenters. The fourth-order valence-corrected chi connectivity index (χ4v) is 3.85. The Balaban J connectivity index is 1.62. The van der Waals surface area contributed by atoms with Crippen LogP contribution in [0.15, 0.2) is 53.7 Å².